The summed E-state index contributed by atoms with van der Waals surface area (Å²) in [5.41, 5.74) is 1.71. The SMILES string of the molecule is CCCCCOC(=O)C1=C(C)NC(=O)NC1c1ccc(Cl)cc1. The fourth-order valence-electron chi connectivity index (χ4n) is 2.46. The Kier molecular flexibility index (Phi) is 6.04. The van der Waals surface area contributed by atoms with Crippen molar-refractivity contribution < 1.29 is 14.3 Å². The number of hydrogen-bond acceptors (Lipinski definition) is 3. The number of urea groups is 1. The van der Waals surface area contributed by atoms with Gasteiger partial charge in [-0.3, -0.25) is 0 Å². The van der Waals surface area contributed by atoms with Crippen LogP contribution in [0.3, 0.4) is 0 Å². The van der Waals surface area contributed by atoms with Crippen LogP contribution in [0.1, 0.15) is 44.7 Å². The van der Waals surface area contributed by atoms with Gasteiger partial charge in [0.25, 0.3) is 0 Å². The van der Waals surface area contributed by atoms with E-state index in [0.717, 1.165) is 24.8 Å². The normalized spacial score (nSPS) is 17.5. The molecule has 0 bridgehead atoms. The molecule has 1 aromatic rings. The monoisotopic (exact) mass is 336 g/mol. The lowest BCUT2D eigenvalue weighted by atomic mass is 9.95. The Bertz CT molecular complexity index is 611. The molecule has 0 fully saturated rings. The number of rotatable bonds is 6. The van der Waals surface area contributed by atoms with Crippen LogP contribution >= 0.6 is 11.6 Å². The number of allylic oxidation sites excluding steroid dienone is 1. The van der Waals surface area contributed by atoms with Crippen LogP contribution in [0.5, 0.6) is 0 Å². The van der Waals surface area contributed by atoms with Gasteiger partial charge < -0.3 is 15.4 Å². The van der Waals surface area contributed by atoms with E-state index in [4.69, 9.17) is 16.3 Å². The largest absolute Gasteiger partial charge is 0.462 e. The van der Waals surface area contributed by atoms with E-state index < -0.39 is 12.0 Å². The van der Waals surface area contributed by atoms with Gasteiger partial charge in [-0.2, -0.15) is 0 Å². The minimum atomic E-state index is -0.542. The van der Waals surface area contributed by atoms with Crippen molar-refractivity contribution in [3.63, 3.8) is 0 Å². The standard InChI is InChI=1S/C17H21ClN2O3/c1-3-4-5-10-23-16(21)14-11(2)19-17(22)20-15(14)12-6-8-13(18)9-7-12/h6-9,15H,3-5,10H2,1-2H3,(H2,19,20,22). The molecule has 2 N–H and O–H groups in total. The number of esters is 1. The van der Waals surface area contributed by atoms with E-state index in [1.807, 2.05) is 0 Å². The molecule has 0 radical (unpaired) electrons. The van der Waals surface area contributed by atoms with Crippen LogP contribution in [0.2, 0.25) is 5.02 Å². The van der Waals surface area contributed by atoms with E-state index in [9.17, 15) is 9.59 Å². The lowest BCUT2D eigenvalue weighted by Gasteiger charge is -2.28. The summed E-state index contributed by atoms with van der Waals surface area (Å²) < 4.78 is 5.35. The molecule has 6 heteroatoms. The third-order valence-corrected chi connectivity index (χ3v) is 3.93. The number of amides is 2. The van der Waals surface area contributed by atoms with E-state index in [0.29, 0.717) is 22.9 Å². The molecular formula is C17H21ClN2O3. The third kappa shape index (κ3) is 4.48. The van der Waals surface area contributed by atoms with E-state index in [1.54, 1.807) is 31.2 Å². The van der Waals surface area contributed by atoms with Crippen LogP contribution in [0, 0.1) is 0 Å². The zero-order valence-corrected chi connectivity index (χ0v) is 14.1. The Labute approximate surface area is 141 Å². The minimum absolute atomic E-state index is 0.343. The molecule has 1 aliphatic heterocycles. The van der Waals surface area contributed by atoms with Gasteiger partial charge in [0.05, 0.1) is 18.2 Å². The van der Waals surface area contributed by atoms with Gasteiger partial charge >= 0.3 is 12.0 Å². The van der Waals surface area contributed by atoms with Gasteiger partial charge in [-0.25, -0.2) is 9.59 Å². The van der Waals surface area contributed by atoms with Gasteiger partial charge in [-0.1, -0.05) is 43.5 Å². The fourth-order valence-corrected chi connectivity index (χ4v) is 2.59. The highest BCUT2D eigenvalue weighted by Gasteiger charge is 2.32. The number of unbranched alkanes of at least 4 members (excludes halogenated alkanes) is 2. The zero-order chi connectivity index (χ0) is 16.8. The van der Waals surface area contributed by atoms with Crippen LogP contribution < -0.4 is 10.6 Å². The number of carbonyl (C=O) groups is 2. The van der Waals surface area contributed by atoms with Gasteiger partial charge in [0.15, 0.2) is 0 Å². The molecule has 2 amide bonds. The Morgan fingerprint density at radius 2 is 1.96 bits per heavy atom. The molecule has 124 valence electrons. The van der Waals surface area contributed by atoms with Crippen molar-refractivity contribution in [2.24, 2.45) is 0 Å². The number of hydrogen-bond donors (Lipinski definition) is 2. The summed E-state index contributed by atoms with van der Waals surface area (Å²) in [6.07, 6.45) is 2.91. The first-order valence-corrected chi connectivity index (χ1v) is 8.11. The van der Waals surface area contributed by atoms with Crippen molar-refractivity contribution in [2.75, 3.05) is 6.61 Å². The molecule has 23 heavy (non-hydrogen) atoms. The quantitative estimate of drug-likeness (QED) is 0.614. The second kappa shape index (κ2) is 8.02. The highest BCUT2D eigenvalue weighted by molar-refractivity contribution is 6.30. The fraction of sp³-hybridized carbons (Fsp3) is 0.412. The maximum atomic E-state index is 12.4. The summed E-state index contributed by atoms with van der Waals surface area (Å²) in [7, 11) is 0. The second-order valence-electron chi connectivity index (χ2n) is 5.46. The average Bonchev–Trinajstić information content (AvgIpc) is 2.51. The molecule has 0 saturated carbocycles. The van der Waals surface area contributed by atoms with Crippen LogP contribution in [-0.4, -0.2) is 18.6 Å². The Hall–Kier alpha value is -2.01. The molecule has 1 unspecified atom stereocenters. The lowest BCUT2D eigenvalue weighted by molar-refractivity contribution is -0.139. The summed E-state index contributed by atoms with van der Waals surface area (Å²) in [5.74, 6) is -0.411. The van der Waals surface area contributed by atoms with Crippen molar-refractivity contribution in [1.82, 2.24) is 10.6 Å². The van der Waals surface area contributed by atoms with Crippen molar-refractivity contribution in [2.45, 2.75) is 39.2 Å². The molecule has 2 rings (SSSR count). The molecule has 0 aromatic heterocycles. The van der Waals surface area contributed by atoms with Crippen molar-refractivity contribution in [3.8, 4) is 0 Å². The van der Waals surface area contributed by atoms with Crippen LogP contribution in [-0.2, 0) is 9.53 Å². The molecular weight excluding hydrogens is 316 g/mol. The summed E-state index contributed by atoms with van der Waals surface area (Å²) in [6, 6.07) is 6.14. The van der Waals surface area contributed by atoms with Crippen molar-refractivity contribution in [3.05, 3.63) is 46.1 Å². The second-order valence-corrected chi connectivity index (χ2v) is 5.90. The number of halogens is 1. The van der Waals surface area contributed by atoms with E-state index in [2.05, 4.69) is 17.6 Å². The highest BCUT2D eigenvalue weighted by atomic mass is 35.5. The topological polar surface area (TPSA) is 67.4 Å². The van der Waals surface area contributed by atoms with E-state index in [1.165, 1.54) is 0 Å². The molecule has 1 heterocycles. The summed E-state index contributed by atoms with van der Waals surface area (Å²) in [4.78, 5) is 24.2. The van der Waals surface area contributed by atoms with Crippen LogP contribution in [0.25, 0.3) is 0 Å². The summed E-state index contributed by atoms with van der Waals surface area (Å²) in [6.45, 7) is 4.17. The lowest BCUT2D eigenvalue weighted by Crippen LogP contribution is -2.45. The highest BCUT2D eigenvalue weighted by Crippen LogP contribution is 2.28. The summed E-state index contributed by atoms with van der Waals surface area (Å²) >= 11 is 5.90. The molecule has 5 nitrogen and oxygen atoms in total. The van der Waals surface area contributed by atoms with E-state index in [-0.39, 0.29) is 6.03 Å². The maximum Gasteiger partial charge on any atom is 0.338 e. The van der Waals surface area contributed by atoms with Crippen LogP contribution in [0.4, 0.5) is 4.79 Å². The minimum Gasteiger partial charge on any atom is -0.462 e. The predicted molar refractivity (Wildman–Crippen MR) is 89.0 cm³/mol. The van der Waals surface area contributed by atoms with Gasteiger partial charge in [0.2, 0.25) is 0 Å². The third-order valence-electron chi connectivity index (χ3n) is 3.67. The molecule has 0 saturated heterocycles. The molecule has 0 spiro atoms. The van der Waals surface area contributed by atoms with Crippen molar-refractivity contribution >= 4 is 23.6 Å². The first-order chi connectivity index (χ1) is 11.0. The zero-order valence-electron chi connectivity index (χ0n) is 13.3. The Balaban J connectivity index is 2.20. The first-order valence-electron chi connectivity index (χ1n) is 7.73. The van der Waals surface area contributed by atoms with Gasteiger partial charge in [0.1, 0.15) is 0 Å². The molecule has 1 aliphatic rings. The van der Waals surface area contributed by atoms with Crippen molar-refractivity contribution in [1.29, 1.82) is 0 Å². The number of carbonyl (C=O) groups excluding carboxylic acids is 2. The Morgan fingerprint density at radius 3 is 2.61 bits per heavy atom. The molecule has 1 atom stereocenters. The van der Waals surface area contributed by atoms with Gasteiger partial charge in [-0.15, -0.1) is 0 Å². The molecule has 0 aliphatic carbocycles. The first kappa shape index (κ1) is 17.3. The van der Waals surface area contributed by atoms with E-state index >= 15 is 0 Å². The smallest absolute Gasteiger partial charge is 0.338 e. The number of benzene rings is 1. The Morgan fingerprint density at radius 1 is 1.26 bits per heavy atom. The maximum absolute atomic E-state index is 12.4. The number of nitrogens with one attached hydrogen (secondary N) is 2. The average molecular weight is 337 g/mol. The summed E-state index contributed by atoms with van der Waals surface area (Å²) in [5, 5.41) is 5.98. The number of ether oxygens (including phenoxy) is 1. The van der Waals surface area contributed by atoms with Gasteiger partial charge in [-0.05, 0) is 31.0 Å². The molecule has 1 aromatic carbocycles. The van der Waals surface area contributed by atoms with Gasteiger partial charge in [0, 0.05) is 10.7 Å². The predicted octanol–water partition coefficient (Wildman–Crippen LogP) is 3.70. The van der Waals surface area contributed by atoms with Crippen LogP contribution in [0.15, 0.2) is 35.5 Å².